The van der Waals surface area contributed by atoms with Gasteiger partial charge >= 0.3 is 4.87 Å². The molecular formula is C16H20N2O2S. The minimum absolute atomic E-state index is 0.0649. The number of carbonyl (C=O) groups excluding carboxylic acids is 1. The molecule has 21 heavy (non-hydrogen) atoms. The highest BCUT2D eigenvalue weighted by molar-refractivity contribution is 7.07. The number of anilines is 1. The summed E-state index contributed by atoms with van der Waals surface area (Å²) < 4.78 is 1.50. The van der Waals surface area contributed by atoms with E-state index in [1.165, 1.54) is 4.57 Å². The molecule has 2 aromatic rings. The monoisotopic (exact) mass is 304 g/mol. The number of nitrogens with one attached hydrogen (secondary N) is 1. The summed E-state index contributed by atoms with van der Waals surface area (Å²) in [5.41, 5.74) is 3.96. The lowest BCUT2D eigenvalue weighted by Gasteiger charge is -2.14. The maximum atomic E-state index is 12.3. The summed E-state index contributed by atoms with van der Waals surface area (Å²) >= 11 is 1.12. The standard InChI is InChI=1S/C16H20N2O2S/c1-4-12-7-6-8-13(5-2)15(12)17-14(19)9-18-11(3)10-21-16(18)20/h6-8,10H,4-5,9H2,1-3H3,(H,17,19). The number of carbonyl (C=O) groups is 1. The molecule has 0 saturated heterocycles. The first kappa shape index (κ1) is 15.5. The Bertz CT molecular complexity index is 678. The van der Waals surface area contributed by atoms with Crippen LogP contribution in [0.5, 0.6) is 0 Å². The molecule has 1 aromatic carbocycles. The predicted octanol–water partition coefficient (Wildman–Crippen LogP) is 2.98. The molecule has 0 spiro atoms. The Balaban J connectivity index is 2.22. The van der Waals surface area contributed by atoms with Gasteiger partial charge in [-0.2, -0.15) is 0 Å². The van der Waals surface area contributed by atoms with Crippen LogP contribution in [0.1, 0.15) is 30.7 Å². The van der Waals surface area contributed by atoms with Crippen molar-refractivity contribution in [2.45, 2.75) is 40.2 Å². The fraction of sp³-hybridized carbons (Fsp3) is 0.375. The molecule has 0 atom stereocenters. The number of para-hydroxylation sites is 1. The third-order valence-electron chi connectivity index (χ3n) is 3.54. The Labute approximate surface area is 128 Å². The molecule has 0 fully saturated rings. The van der Waals surface area contributed by atoms with Crippen molar-refractivity contribution in [3.05, 3.63) is 50.1 Å². The minimum Gasteiger partial charge on any atom is -0.324 e. The molecule has 2 rings (SSSR count). The van der Waals surface area contributed by atoms with Gasteiger partial charge in [0.1, 0.15) is 6.54 Å². The van der Waals surface area contributed by atoms with Crippen LogP contribution >= 0.6 is 11.3 Å². The number of nitrogens with zero attached hydrogens (tertiary/aromatic N) is 1. The van der Waals surface area contributed by atoms with Gasteiger partial charge in [-0.25, -0.2) is 0 Å². The third-order valence-corrected chi connectivity index (χ3v) is 4.42. The van der Waals surface area contributed by atoms with Crippen molar-refractivity contribution < 1.29 is 4.79 Å². The van der Waals surface area contributed by atoms with Gasteiger partial charge in [0.2, 0.25) is 5.91 Å². The normalized spacial score (nSPS) is 10.6. The van der Waals surface area contributed by atoms with Gasteiger partial charge in [0.25, 0.3) is 0 Å². The van der Waals surface area contributed by atoms with Crippen molar-refractivity contribution in [1.82, 2.24) is 4.57 Å². The number of thiazole rings is 1. The van der Waals surface area contributed by atoms with Gasteiger partial charge in [-0.1, -0.05) is 43.4 Å². The topological polar surface area (TPSA) is 51.1 Å². The van der Waals surface area contributed by atoms with Crippen LogP contribution in [0.25, 0.3) is 0 Å². The van der Waals surface area contributed by atoms with Crippen LogP contribution in [0.15, 0.2) is 28.4 Å². The van der Waals surface area contributed by atoms with E-state index in [1.807, 2.05) is 25.1 Å². The zero-order chi connectivity index (χ0) is 15.4. The van der Waals surface area contributed by atoms with E-state index in [9.17, 15) is 9.59 Å². The summed E-state index contributed by atoms with van der Waals surface area (Å²) in [4.78, 5) is 23.8. The summed E-state index contributed by atoms with van der Waals surface area (Å²) in [6.07, 6.45) is 1.72. The van der Waals surface area contributed by atoms with Crippen molar-refractivity contribution in [1.29, 1.82) is 0 Å². The van der Waals surface area contributed by atoms with Crippen LogP contribution in [-0.4, -0.2) is 10.5 Å². The highest BCUT2D eigenvalue weighted by Gasteiger charge is 2.12. The summed E-state index contributed by atoms with van der Waals surface area (Å²) in [5, 5.41) is 4.75. The molecule has 4 nitrogen and oxygen atoms in total. The van der Waals surface area contributed by atoms with E-state index in [1.54, 1.807) is 5.38 Å². The molecule has 0 radical (unpaired) electrons. The number of rotatable bonds is 5. The number of hydrogen-bond acceptors (Lipinski definition) is 3. The number of benzene rings is 1. The molecule has 5 heteroatoms. The fourth-order valence-corrected chi connectivity index (χ4v) is 3.06. The van der Waals surface area contributed by atoms with Crippen LogP contribution in [0, 0.1) is 6.92 Å². The van der Waals surface area contributed by atoms with Gasteiger partial charge in [-0.05, 0) is 30.9 Å². The molecule has 0 aliphatic rings. The molecule has 0 aliphatic carbocycles. The van der Waals surface area contributed by atoms with Gasteiger partial charge in [-0.3, -0.25) is 14.2 Å². The smallest absolute Gasteiger partial charge is 0.307 e. The second-order valence-electron chi connectivity index (χ2n) is 4.94. The lowest BCUT2D eigenvalue weighted by molar-refractivity contribution is -0.116. The summed E-state index contributed by atoms with van der Waals surface area (Å²) in [7, 11) is 0. The zero-order valence-corrected chi connectivity index (χ0v) is 13.4. The van der Waals surface area contributed by atoms with Crippen molar-refractivity contribution in [3.63, 3.8) is 0 Å². The molecule has 1 aromatic heterocycles. The molecule has 0 bridgehead atoms. The fourth-order valence-electron chi connectivity index (χ4n) is 2.32. The molecule has 112 valence electrons. The van der Waals surface area contributed by atoms with Gasteiger partial charge in [0, 0.05) is 16.8 Å². The average molecular weight is 304 g/mol. The van der Waals surface area contributed by atoms with E-state index >= 15 is 0 Å². The van der Waals surface area contributed by atoms with E-state index in [4.69, 9.17) is 0 Å². The number of hydrogen-bond donors (Lipinski definition) is 1. The maximum absolute atomic E-state index is 12.3. The Morgan fingerprint density at radius 3 is 2.33 bits per heavy atom. The van der Waals surface area contributed by atoms with Crippen molar-refractivity contribution >= 4 is 22.9 Å². The van der Waals surface area contributed by atoms with Crippen LogP contribution in [0.4, 0.5) is 5.69 Å². The predicted molar refractivity (Wildman–Crippen MR) is 87.1 cm³/mol. The maximum Gasteiger partial charge on any atom is 0.307 e. The van der Waals surface area contributed by atoms with Crippen LogP contribution < -0.4 is 10.2 Å². The number of aromatic nitrogens is 1. The Hall–Kier alpha value is -1.88. The van der Waals surface area contributed by atoms with Crippen LogP contribution in [-0.2, 0) is 24.2 Å². The van der Waals surface area contributed by atoms with Crippen molar-refractivity contribution in [3.8, 4) is 0 Å². The SMILES string of the molecule is CCc1cccc(CC)c1NC(=O)Cn1c(C)csc1=O. The first-order chi connectivity index (χ1) is 10.1. The molecular weight excluding hydrogens is 284 g/mol. The Morgan fingerprint density at radius 1 is 1.24 bits per heavy atom. The summed E-state index contributed by atoms with van der Waals surface area (Å²) in [5.74, 6) is -0.158. The van der Waals surface area contributed by atoms with E-state index in [2.05, 4.69) is 19.2 Å². The third kappa shape index (κ3) is 3.42. The zero-order valence-electron chi connectivity index (χ0n) is 12.6. The minimum atomic E-state index is -0.158. The Morgan fingerprint density at radius 2 is 1.86 bits per heavy atom. The quantitative estimate of drug-likeness (QED) is 0.923. The second-order valence-corrected chi connectivity index (χ2v) is 5.76. The van der Waals surface area contributed by atoms with E-state index in [-0.39, 0.29) is 17.3 Å². The first-order valence-electron chi connectivity index (χ1n) is 7.12. The Kier molecular flexibility index (Phi) is 4.96. The van der Waals surface area contributed by atoms with E-state index in [0.29, 0.717) is 0 Å². The highest BCUT2D eigenvalue weighted by Crippen LogP contribution is 2.22. The molecule has 1 heterocycles. The van der Waals surface area contributed by atoms with Gasteiger partial charge < -0.3 is 5.32 Å². The highest BCUT2D eigenvalue weighted by atomic mass is 32.1. The van der Waals surface area contributed by atoms with Gasteiger partial charge in [0.15, 0.2) is 0 Å². The lowest BCUT2D eigenvalue weighted by Crippen LogP contribution is -2.26. The van der Waals surface area contributed by atoms with E-state index < -0.39 is 0 Å². The number of amides is 1. The van der Waals surface area contributed by atoms with Crippen molar-refractivity contribution in [2.24, 2.45) is 0 Å². The molecule has 0 aliphatic heterocycles. The van der Waals surface area contributed by atoms with Crippen LogP contribution in [0.2, 0.25) is 0 Å². The lowest BCUT2D eigenvalue weighted by atomic mass is 10.0. The molecule has 1 N–H and O–H groups in total. The summed E-state index contributed by atoms with van der Waals surface area (Å²) in [6.45, 7) is 6.04. The molecule has 1 amide bonds. The van der Waals surface area contributed by atoms with E-state index in [0.717, 1.165) is 46.7 Å². The molecule has 0 unspecified atom stereocenters. The van der Waals surface area contributed by atoms with Gasteiger partial charge in [-0.15, -0.1) is 0 Å². The average Bonchev–Trinajstić information content (AvgIpc) is 2.79. The van der Waals surface area contributed by atoms with Gasteiger partial charge in [0.05, 0.1) is 0 Å². The first-order valence-corrected chi connectivity index (χ1v) is 8.00. The number of aryl methyl sites for hydroxylation is 3. The largest absolute Gasteiger partial charge is 0.324 e. The second kappa shape index (κ2) is 6.72. The van der Waals surface area contributed by atoms with Crippen molar-refractivity contribution in [2.75, 3.05) is 5.32 Å². The van der Waals surface area contributed by atoms with Crippen LogP contribution in [0.3, 0.4) is 0 Å². The summed E-state index contributed by atoms with van der Waals surface area (Å²) in [6, 6.07) is 6.06. The molecule has 0 saturated carbocycles.